The van der Waals surface area contributed by atoms with Gasteiger partial charge in [0.25, 0.3) is 0 Å². The Kier molecular flexibility index (Phi) is 7.75. The van der Waals surface area contributed by atoms with Crippen molar-refractivity contribution in [2.24, 2.45) is 11.3 Å². The second-order valence-electron chi connectivity index (χ2n) is 8.40. The maximum absolute atomic E-state index is 12.6. The Morgan fingerprint density at radius 2 is 1.76 bits per heavy atom. The smallest absolute Gasteiger partial charge is 0.222 e. The molecule has 156 valence electrons. The molecule has 0 aliphatic heterocycles. The first-order valence-corrected chi connectivity index (χ1v) is 9.74. The van der Waals surface area contributed by atoms with Gasteiger partial charge in [-0.15, -0.1) is 20.4 Å². The zero-order chi connectivity index (χ0) is 21.4. The molecule has 0 aliphatic carbocycles. The summed E-state index contributed by atoms with van der Waals surface area (Å²) < 4.78 is 0. The summed E-state index contributed by atoms with van der Waals surface area (Å²) in [5.74, 6) is 0.779. The molecule has 1 unspecified atom stereocenters. The molecule has 0 bridgehead atoms. The normalized spacial score (nSPS) is 12.3. The molecule has 1 N–H and O–H groups in total. The van der Waals surface area contributed by atoms with Gasteiger partial charge in [-0.3, -0.25) is 9.59 Å². The van der Waals surface area contributed by atoms with Crippen LogP contribution < -0.4 is 5.32 Å². The summed E-state index contributed by atoms with van der Waals surface area (Å²) in [7, 11) is 1.82. The minimum atomic E-state index is -0.0526. The van der Waals surface area contributed by atoms with E-state index in [2.05, 4.69) is 46.5 Å². The Morgan fingerprint density at radius 3 is 2.34 bits per heavy atom. The lowest BCUT2D eigenvalue weighted by atomic mass is 9.82. The Morgan fingerprint density at radius 1 is 1.14 bits per heavy atom. The van der Waals surface area contributed by atoms with E-state index in [1.54, 1.807) is 4.90 Å². The molecule has 29 heavy (non-hydrogen) atoms. The molecule has 1 heterocycles. The molecule has 2 amide bonds. The summed E-state index contributed by atoms with van der Waals surface area (Å²) >= 11 is 0. The number of benzene rings is 1. The maximum atomic E-state index is 12.6. The van der Waals surface area contributed by atoms with Gasteiger partial charge in [0.05, 0.1) is 0 Å². The van der Waals surface area contributed by atoms with Gasteiger partial charge in [0, 0.05) is 39.0 Å². The fourth-order valence-corrected chi connectivity index (χ4v) is 3.35. The number of hydrogen-bond acceptors (Lipinski definition) is 6. The lowest BCUT2D eigenvalue weighted by molar-refractivity contribution is -0.131. The first-order chi connectivity index (χ1) is 13.7. The number of amides is 2. The summed E-state index contributed by atoms with van der Waals surface area (Å²) in [5, 5.41) is 18.2. The number of hydrogen-bond donors (Lipinski definition) is 1. The van der Waals surface area contributed by atoms with Crippen LogP contribution in [0.4, 0.5) is 0 Å². The molecular weight excluding hydrogens is 368 g/mol. The number of carbonyl (C=O) groups excluding carboxylic acids is 2. The minimum absolute atomic E-state index is 0.0288. The second kappa shape index (κ2) is 10.0. The van der Waals surface area contributed by atoms with Crippen molar-refractivity contribution >= 4 is 11.8 Å². The van der Waals surface area contributed by atoms with Crippen LogP contribution >= 0.6 is 0 Å². The largest absolute Gasteiger partial charge is 0.356 e. The van der Waals surface area contributed by atoms with Crippen molar-refractivity contribution in [2.45, 2.75) is 47.1 Å². The zero-order valence-electron chi connectivity index (χ0n) is 17.8. The highest BCUT2D eigenvalue weighted by Gasteiger charge is 2.23. The van der Waals surface area contributed by atoms with Gasteiger partial charge >= 0.3 is 0 Å². The Labute approximate surface area is 172 Å². The second-order valence-corrected chi connectivity index (χ2v) is 8.40. The summed E-state index contributed by atoms with van der Waals surface area (Å²) in [4.78, 5) is 25.5. The zero-order valence-corrected chi connectivity index (χ0v) is 17.8. The molecule has 0 saturated heterocycles. The van der Waals surface area contributed by atoms with Crippen LogP contribution in [0.15, 0.2) is 30.6 Å². The number of nitrogens with one attached hydrogen (secondary N) is 1. The van der Waals surface area contributed by atoms with E-state index in [9.17, 15) is 9.59 Å². The van der Waals surface area contributed by atoms with Crippen molar-refractivity contribution in [1.29, 1.82) is 0 Å². The van der Waals surface area contributed by atoms with Crippen molar-refractivity contribution < 1.29 is 9.59 Å². The van der Waals surface area contributed by atoms with Gasteiger partial charge in [0.1, 0.15) is 0 Å². The number of rotatable bonds is 9. The van der Waals surface area contributed by atoms with Crippen molar-refractivity contribution in [1.82, 2.24) is 30.6 Å². The predicted molar refractivity (Wildman–Crippen MR) is 110 cm³/mol. The lowest BCUT2D eigenvalue weighted by Crippen LogP contribution is -2.34. The standard InChI is InChI=1S/C21H30N6O2/c1-15(11-21(3,4)13-22-16(2)28)10-19(29)27(5)12-17-6-8-18(9-7-17)20-25-23-14-24-26-20/h6-9,14-15H,10-13H2,1-5H3,(H,22,28). The van der Waals surface area contributed by atoms with Crippen LogP contribution in [0.1, 0.15) is 46.1 Å². The maximum Gasteiger partial charge on any atom is 0.222 e. The molecule has 2 aromatic rings. The number of aromatic nitrogens is 4. The Hall–Kier alpha value is -2.90. The van der Waals surface area contributed by atoms with Crippen molar-refractivity contribution in [3.05, 3.63) is 36.2 Å². The quantitative estimate of drug-likeness (QED) is 0.696. The van der Waals surface area contributed by atoms with Gasteiger partial charge in [-0.25, -0.2) is 0 Å². The molecular formula is C21H30N6O2. The van der Waals surface area contributed by atoms with Crippen LogP contribution in [-0.4, -0.2) is 50.7 Å². The highest BCUT2D eigenvalue weighted by molar-refractivity contribution is 5.76. The van der Waals surface area contributed by atoms with E-state index in [0.717, 1.165) is 17.5 Å². The average Bonchev–Trinajstić information content (AvgIpc) is 2.67. The third kappa shape index (κ3) is 7.56. The third-order valence-corrected chi connectivity index (χ3v) is 4.71. The molecule has 0 fully saturated rings. The summed E-state index contributed by atoms with van der Waals surface area (Å²) in [6.45, 7) is 8.96. The monoisotopic (exact) mass is 398 g/mol. The van der Waals surface area contributed by atoms with Crippen LogP contribution in [0.25, 0.3) is 11.4 Å². The van der Waals surface area contributed by atoms with Crippen molar-refractivity contribution in [3.8, 4) is 11.4 Å². The molecule has 1 aromatic heterocycles. The summed E-state index contributed by atoms with van der Waals surface area (Å²) in [5.41, 5.74) is 1.81. The Balaban J connectivity index is 1.86. The van der Waals surface area contributed by atoms with E-state index in [4.69, 9.17) is 0 Å². The molecule has 0 radical (unpaired) electrons. The molecule has 8 heteroatoms. The average molecular weight is 399 g/mol. The van der Waals surface area contributed by atoms with E-state index in [1.807, 2.05) is 31.3 Å². The highest BCUT2D eigenvalue weighted by atomic mass is 16.2. The van der Waals surface area contributed by atoms with Gasteiger partial charge in [-0.05, 0) is 23.3 Å². The summed E-state index contributed by atoms with van der Waals surface area (Å²) in [6, 6.07) is 7.71. The molecule has 1 aromatic carbocycles. The number of carbonyl (C=O) groups is 2. The van der Waals surface area contributed by atoms with Crippen molar-refractivity contribution in [3.63, 3.8) is 0 Å². The third-order valence-electron chi connectivity index (χ3n) is 4.71. The minimum Gasteiger partial charge on any atom is -0.356 e. The van der Waals surface area contributed by atoms with Gasteiger partial charge < -0.3 is 10.2 Å². The fourth-order valence-electron chi connectivity index (χ4n) is 3.35. The first-order valence-electron chi connectivity index (χ1n) is 9.74. The van der Waals surface area contributed by atoms with Crippen molar-refractivity contribution in [2.75, 3.05) is 13.6 Å². The first kappa shape index (κ1) is 22.4. The van der Waals surface area contributed by atoms with Gasteiger partial charge in [-0.2, -0.15) is 0 Å². The van der Waals surface area contributed by atoms with E-state index < -0.39 is 0 Å². The molecule has 1 atom stereocenters. The summed E-state index contributed by atoms with van der Waals surface area (Å²) in [6.07, 6.45) is 2.63. The van der Waals surface area contributed by atoms with E-state index in [1.165, 1.54) is 13.3 Å². The lowest BCUT2D eigenvalue weighted by Gasteiger charge is -2.29. The van der Waals surface area contributed by atoms with E-state index in [-0.39, 0.29) is 23.1 Å². The fraction of sp³-hybridized carbons (Fsp3) is 0.524. The van der Waals surface area contributed by atoms with Crippen LogP contribution in [0, 0.1) is 11.3 Å². The van der Waals surface area contributed by atoms with Crippen LogP contribution in [0.5, 0.6) is 0 Å². The predicted octanol–water partition coefficient (Wildman–Crippen LogP) is 2.47. The SMILES string of the molecule is CC(=O)NCC(C)(C)CC(C)CC(=O)N(C)Cc1ccc(-c2nncnn2)cc1. The topological polar surface area (TPSA) is 101 Å². The molecule has 0 spiro atoms. The molecule has 2 rings (SSSR count). The van der Waals surface area contributed by atoms with Crippen LogP contribution in [0.3, 0.4) is 0 Å². The number of nitrogens with zero attached hydrogens (tertiary/aromatic N) is 5. The van der Waals surface area contributed by atoms with Gasteiger partial charge in [0.2, 0.25) is 17.6 Å². The van der Waals surface area contributed by atoms with Crippen LogP contribution in [-0.2, 0) is 16.1 Å². The molecule has 8 nitrogen and oxygen atoms in total. The highest BCUT2D eigenvalue weighted by Crippen LogP contribution is 2.27. The molecule has 0 saturated carbocycles. The van der Waals surface area contributed by atoms with Gasteiger partial charge in [-0.1, -0.05) is 45.0 Å². The van der Waals surface area contributed by atoms with Gasteiger partial charge in [0.15, 0.2) is 6.33 Å². The van der Waals surface area contributed by atoms with E-state index in [0.29, 0.717) is 25.3 Å². The Bertz CT molecular complexity index is 808. The molecule has 0 aliphatic rings. The van der Waals surface area contributed by atoms with E-state index >= 15 is 0 Å². The van der Waals surface area contributed by atoms with Crippen LogP contribution in [0.2, 0.25) is 0 Å².